The summed E-state index contributed by atoms with van der Waals surface area (Å²) in [6.45, 7) is 1.71. The van der Waals surface area contributed by atoms with Gasteiger partial charge in [0.25, 0.3) is 5.91 Å². The van der Waals surface area contributed by atoms with Crippen LogP contribution in [0.1, 0.15) is 15.9 Å². The molecule has 0 radical (unpaired) electrons. The number of nitrogens with zero attached hydrogens (tertiary/aromatic N) is 1. The van der Waals surface area contributed by atoms with E-state index < -0.39 is 23.0 Å². The van der Waals surface area contributed by atoms with Gasteiger partial charge in [-0.05, 0) is 42.8 Å². The zero-order valence-electron chi connectivity index (χ0n) is 13.1. The molecule has 24 heavy (non-hydrogen) atoms. The molecule has 0 aliphatic carbocycles. The molecule has 1 aromatic heterocycles. The Labute approximate surface area is 136 Å². The molecule has 0 aliphatic rings. The van der Waals surface area contributed by atoms with E-state index in [2.05, 4.69) is 5.32 Å². The molecule has 0 atom stereocenters. The third-order valence-electron chi connectivity index (χ3n) is 3.84. The quantitative estimate of drug-likeness (QED) is 0.784. The van der Waals surface area contributed by atoms with E-state index in [-0.39, 0.29) is 16.6 Å². The van der Waals surface area contributed by atoms with Crippen LogP contribution in [0.15, 0.2) is 47.4 Å². The number of hydrogen-bond acceptors (Lipinski definition) is 2. The SMILES string of the molecule is Cc1ccc(F)cc1NC(=O)c1cn(C)c2ccc(F)cc2c1=O. The number of benzene rings is 2. The first-order valence-corrected chi connectivity index (χ1v) is 7.23. The van der Waals surface area contributed by atoms with Crippen LogP contribution in [0, 0.1) is 18.6 Å². The number of carbonyl (C=O) groups is 1. The third-order valence-corrected chi connectivity index (χ3v) is 3.84. The van der Waals surface area contributed by atoms with Gasteiger partial charge >= 0.3 is 0 Å². The van der Waals surface area contributed by atoms with Gasteiger partial charge in [-0.15, -0.1) is 0 Å². The lowest BCUT2D eigenvalue weighted by atomic mass is 10.1. The number of pyridine rings is 1. The summed E-state index contributed by atoms with van der Waals surface area (Å²) in [6, 6.07) is 7.81. The van der Waals surface area contributed by atoms with Crippen LogP contribution in [0.25, 0.3) is 10.9 Å². The minimum atomic E-state index is -0.671. The first-order chi connectivity index (χ1) is 11.4. The van der Waals surface area contributed by atoms with Crippen molar-refractivity contribution in [1.29, 1.82) is 0 Å². The molecule has 1 heterocycles. The number of rotatable bonds is 2. The maximum Gasteiger partial charge on any atom is 0.261 e. The van der Waals surface area contributed by atoms with Gasteiger partial charge in [0.2, 0.25) is 5.43 Å². The fourth-order valence-corrected chi connectivity index (χ4v) is 2.54. The van der Waals surface area contributed by atoms with Crippen molar-refractivity contribution in [3.8, 4) is 0 Å². The Morgan fingerprint density at radius 1 is 1.08 bits per heavy atom. The van der Waals surface area contributed by atoms with Crippen LogP contribution in [0.3, 0.4) is 0 Å². The summed E-state index contributed by atoms with van der Waals surface area (Å²) in [7, 11) is 1.66. The molecule has 0 spiro atoms. The Morgan fingerprint density at radius 3 is 2.50 bits per heavy atom. The zero-order valence-corrected chi connectivity index (χ0v) is 13.1. The zero-order chi connectivity index (χ0) is 17.4. The molecule has 3 aromatic rings. The molecule has 0 bridgehead atoms. The van der Waals surface area contributed by atoms with Crippen LogP contribution in [0.2, 0.25) is 0 Å². The van der Waals surface area contributed by atoms with Crippen LogP contribution in [0.5, 0.6) is 0 Å². The second-order valence-corrected chi connectivity index (χ2v) is 5.56. The molecule has 0 saturated carbocycles. The summed E-state index contributed by atoms with van der Waals surface area (Å²) >= 11 is 0. The summed E-state index contributed by atoms with van der Waals surface area (Å²) in [6.07, 6.45) is 1.38. The lowest BCUT2D eigenvalue weighted by Crippen LogP contribution is -2.23. The molecule has 6 heteroatoms. The van der Waals surface area contributed by atoms with E-state index in [1.807, 2.05) is 0 Å². The van der Waals surface area contributed by atoms with Crippen molar-refractivity contribution in [3.05, 3.63) is 75.6 Å². The molecular formula is C18H14F2N2O2. The highest BCUT2D eigenvalue weighted by atomic mass is 19.1. The smallest absolute Gasteiger partial charge is 0.261 e. The van der Waals surface area contributed by atoms with Gasteiger partial charge in [0, 0.05) is 24.3 Å². The minimum absolute atomic E-state index is 0.112. The van der Waals surface area contributed by atoms with Gasteiger partial charge in [0.05, 0.1) is 5.52 Å². The van der Waals surface area contributed by atoms with Crippen LogP contribution in [-0.4, -0.2) is 10.5 Å². The fourth-order valence-electron chi connectivity index (χ4n) is 2.54. The second-order valence-electron chi connectivity index (χ2n) is 5.56. The molecule has 1 amide bonds. The van der Waals surface area contributed by atoms with Crippen molar-refractivity contribution in [1.82, 2.24) is 4.57 Å². The molecule has 1 N–H and O–H groups in total. The first-order valence-electron chi connectivity index (χ1n) is 7.23. The van der Waals surface area contributed by atoms with Crippen molar-refractivity contribution >= 4 is 22.5 Å². The van der Waals surface area contributed by atoms with Crippen molar-refractivity contribution < 1.29 is 13.6 Å². The predicted molar refractivity (Wildman–Crippen MR) is 88.2 cm³/mol. The number of fused-ring (bicyclic) bond motifs is 1. The first kappa shape index (κ1) is 15.9. The van der Waals surface area contributed by atoms with E-state index in [9.17, 15) is 18.4 Å². The Balaban J connectivity index is 2.09. The van der Waals surface area contributed by atoms with Crippen LogP contribution in [-0.2, 0) is 7.05 Å². The van der Waals surface area contributed by atoms with Crippen LogP contribution in [0.4, 0.5) is 14.5 Å². The van der Waals surface area contributed by atoms with E-state index in [0.29, 0.717) is 11.1 Å². The number of anilines is 1. The molecular weight excluding hydrogens is 314 g/mol. The van der Waals surface area contributed by atoms with Crippen molar-refractivity contribution in [2.75, 3.05) is 5.32 Å². The lowest BCUT2D eigenvalue weighted by molar-refractivity contribution is 0.102. The number of nitrogens with one attached hydrogen (secondary N) is 1. The predicted octanol–water partition coefficient (Wildman–Crippen LogP) is 3.38. The van der Waals surface area contributed by atoms with Crippen molar-refractivity contribution in [2.24, 2.45) is 7.05 Å². The standard InChI is InChI=1S/C18H14F2N2O2/c1-10-3-4-12(20)8-15(10)21-18(24)14-9-22(2)16-6-5-11(19)7-13(16)17(14)23/h3-9H,1-2H3,(H,21,24). The van der Waals surface area contributed by atoms with E-state index in [1.54, 1.807) is 18.5 Å². The van der Waals surface area contributed by atoms with Gasteiger partial charge in [-0.1, -0.05) is 6.07 Å². The number of aryl methyl sites for hydroxylation is 2. The number of carbonyl (C=O) groups excluding carboxylic acids is 1. The average molecular weight is 328 g/mol. The summed E-state index contributed by atoms with van der Waals surface area (Å²) < 4.78 is 28.3. The highest BCUT2D eigenvalue weighted by Crippen LogP contribution is 2.18. The third kappa shape index (κ3) is 2.78. The van der Waals surface area contributed by atoms with Crippen LogP contribution < -0.4 is 10.7 Å². The van der Waals surface area contributed by atoms with Gasteiger partial charge in [0.1, 0.15) is 17.2 Å². The summed E-state index contributed by atoms with van der Waals surface area (Å²) in [5, 5.41) is 2.64. The molecule has 122 valence electrons. The number of amides is 1. The highest BCUT2D eigenvalue weighted by molar-refractivity contribution is 6.06. The Kier molecular flexibility index (Phi) is 3.89. The summed E-state index contributed by atoms with van der Waals surface area (Å²) in [5.41, 5.74) is 0.739. The lowest BCUT2D eigenvalue weighted by Gasteiger charge is -2.11. The summed E-state index contributed by atoms with van der Waals surface area (Å²) in [4.78, 5) is 24.9. The topological polar surface area (TPSA) is 51.1 Å². The Bertz CT molecular complexity index is 1030. The van der Waals surface area contributed by atoms with E-state index in [4.69, 9.17) is 0 Å². The molecule has 2 aromatic carbocycles. The Hall–Kier alpha value is -3.02. The molecule has 0 fully saturated rings. The monoisotopic (exact) mass is 328 g/mol. The maximum absolute atomic E-state index is 13.4. The van der Waals surface area contributed by atoms with Crippen LogP contribution >= 0.6 is 0 Å². The number of halogens is 2. The van der Waals surface area contributed by atoms with Crippen molar-refractivity contribution in [3.63, 3.8) is 0 Å². The Morgan fingerprint density at radius 2 is 1.75 bits per heavy atom. The van der Waals surface area contributed by atoms with Gasteiger partial charge < -0.3 is 9.88 Å². The molecule has 4 nitrogen and oxygen atoms in total. The van der Waals surface area contributed by atoms with E-state index in [1.165, 1.54) is 36.5 Å². The highest BCUT2D eigenvalue weighted by Gasteiger charge is 2.16. The maximum atomic E-state index is 13.4. The fraction of sp³-hybridized carbons (Fsp3) is 0.111. The minimum Gasteiger partial charge on any atom is -0.350 e. The molecule has 0 unspecified atom stereocenters. The van der Waals surface area contributed by atoms with E-state index >= 15 is 0 Å². The van der Waals surface area contributed by atoms with Gasteiger partial charge in [-0.25, -0.2) is 8.78 Å². The van der Waals surface area contributed by atoms with Gasteiger partial charge in [0.15, 0.2) is 0 Å². The van der Waals surface area contributed by atoms with E-state index in [0.717, 1.165) is 6.07 Å². The van der Waals surface area contributed by atoms with Crippen molar-refractivity contribution in [2.45, 2.75) is 6.92 Å². The van der Waals surface area contributed by atoms with Gasteiger partial charge in [-0.3, -0.25) is 9.59 Å². The normalized spacial score (nSPS) is 10.8. The van der Waals surface area contributed by atoms with Gasteiger partial charge in [-0.2, -0.15) is 0 Å². The summed E-state index contributed by atoms with van der Waals surface area (Å²) in [5.74, 6) is -1.72. The number of aromatic nitrogens is 1. The average Bonchev–Trinajstić information content (AvgIpc) is 2.54. The second kappa shape index (κ2) is 5.88. The number of hydrogen-bond donors (Lipinski definition) is 1. The molecule has 0 saturated heterocycles. The molecule has 3 rings (SSSR count). The molecule has 0 aliphatic heterocycles. The largest absolute Gasteiger partial charge is 0.350 e.